The zero-order chi connectivity index (χ0) is 12.7. The number of aliphatic hydroxyl groups excluding tert-OH is 1. The zero-order valence-corrected chi connectivity index (χ0v) is 10.8. The van der Waals surface area contributed by atoms with Crippen molar-refractivity contribution in [2.24, 2.45) is 21.6 Å². The molecule has 0 aromatic carbocycles. The molecule has 0 radical (unpaired) electrons. The molecule has 5 heteroatoms. The number of hydrogen-bond acceptors (Lipinski definition) is 3. The molecule has 1 saturated carbocycles. The van der Waals surface area contributed by atoms with E-state index in [0.29, 0.717) is 18.4 Å². The Labute approximate surface area is 103 Å². The van der Waals surface area contributed by atoms with Crippen LogP contribution >= 0.6 is 0 Å². The summed E-state index contributed by atoms with van der Waals surface area (Å²) < 4.78 is 0. The molecule has 0 bridgehead atoms. The maximum Gasteiger partial charge on any atom is 0.106 e. The standard InChI is InChI=1S/C12H24N4O/c1-9(12(14-2)15-7-8-17)11(13)16-10-5-3-4-6-10/h9-10,17H,3-8H2,1-2H3,(H2,13,16)(H,14,15). The Morgan fingerprint density at radius 1 is 1.47 bits per heavy atom. The van der Waals surface area contributed by atoms with Crippen molar-refractivity contribution in [1.82, 2.24) is 5.32 Å². The van der Waals surface area contributed by atoms with Gasteiger partial charge in [-0.1, -0.05) is 12.8 Å². The lowest BCUT2D eigenvalue weighted by atomic mass is 10.1. The number of aliphatic hydroxyl groups is 1. The van der Waals surface area contributed by atoms with Crippen molar-refractivity contribution in [3.63, 3.8) is 0 Å². The van der Waals surface area contributed by atoms with Crippen LogP contribution in [-0.4, -0.2) is 43.0 Å². The third-order valence-corrected chi connectivity index (χ3v) is 3.17. The molecule has 17 heavy (non-hydrogen) atoms. The summed E-state index contributed by atoms with van der Waals surface area (Å²) in [6, 6.07) is 0.397. The van der Waals surface area contributed by atoms with Crippen molar-refractivity contribution in [2.45, 2.75) is 38.6 Å². The first-order valence-corrected chi connectivity index (χ1v) is 6.33. The Kier molecular flexibility index (Phi) is 5.97. The Morgan fingerprint density at radius 2 is 2.12 bits per heavy atom. The Balaban J connectivity index is 2.56. The van der Waals surface area contributed by atoms with Crippen molar-refractivity contribution in [3.05, 3.63) is 0 Å². The lowest BCUT2D eigenvalue weighted by Crippen LogP contribution is -2.39. The predicted molar refractivity (Wildman–Crippen MR) is 71.5 cm³/mol. The highest BCUT2D eigenvalue weighted by Gasteiger charge is 2.18. The van der Waals surface area contributed by atoms with Crippen LogP contribution in [0, 0.1) is 5.92 Å². The highest BCUT2D eigenvalue weighted by atomic mass is 16.3. The number of nitrogens with zero attached hydrogens (tertiary/aromatic N) is 2. The van der Waals surface area contributed by atoms with Crippen LogP contribution in [-0.2, 0) is 0 Å². The second kappa shape index (κ2) is 7.27. The van der Waals surface area contributed by atoms with Crippen LogP contribution in [0.5, 0.6) is 0 Å². The third-order valence-electron chi connectivity index (χ3n) is 3.17. The largest absolute Gasteiger partial charge is 0.395 e. The molecule has 0 spiro atoms. The van der Waals surface area contributed by atoms with Gasteiger partial charge in [0.15, 0.2) is 0 Å². The van der Waals surface area contributed by atoms with E-state index in [4.69, 9.17) is 10.8 Å². The van der Waals surface area contributed by atoms with Gasteiger partial charge >= 0.3 is 0 Å². The maximum absolute atomic E-state index is 8.78. The first-order valence-electron chi connectivity index (χ1n) is 6.33. The van der Waals surface area contributed by atoms with E-state index < -0.39 is 0 Å². The van der Waals surface area contributed by atoms with Gasteiger partial charge in [0.05, 0.1) is 18.6 Å². The fourth-order valence-corrected chi connectivity index (χ4v) is 2.11. The summed E-state index contributed by atoms with van der Waals surface area (Å²) in [6.45, 7) is 2.57. The lowest BCUT2D eigenvalue weighted by molar-refractivity contribution is 0.300. The molecule has 0 amide bonds. The summed E-state index contributed by atoms with van der Waals surface area (Å²) in [5.74, 6) is 1.42. The average Bonchev–Trinajstić information content (AvgIpc) is 2.82. The predicted octanol–water partition coefficient (Wildman–Crippen LogP) is 0.532. The summed E-state index contributed by atoms with van der Waals surface area (Å²) in [5, 5.41) is 11.8. The zero-order valence-electron chi connectivity index (χ0n) is 10.8. The Hall–Kier alpha value is -1.10. The molecule has 1 fully saturated rings. The van der Waals surface area contributed by atoms with Crippen LogP contribution in [0.1, 0.15) is 32.6 Å². The van der Waals surface area contributed by atoms with Crippen molar-refractivity contribution in [2.75, 3.05) is 20.2 Å². The van der Waals surface area contributed by atoms with E-state index in [1.807, 2.05) is 6.92 Å². The molecule has 5 nitrogen and oxygen atoms in total. The Bertz CT molecular complexity index is 282. The van der Waals surface area contributed by atoms with Gasteiger partial charge in [-0.15, -0.1) is 0 Å². The first-order chi connectivity index (χ1) is 8.19. The fraction of sp³-hybridized carbons (Fsp3) is 0.833. The van der Waals surface area contributed by atoms with Crippen LogP contribution in [0.3, 0.4) is 0 Å². The number of nitrogens with one attached hydrogen (secondary N) is 1. The normalized spacial score (nSPS) is 20.6. The first kappa shape index (κ1) is 14.0. The van der Waals surface area contributed by atoms with Crippen LogP contribution in [0.2, 0.25) is 0 Å². The second-order valence-corrected chi connectivity index (χ2v) is 4.47. The monoisotopic (exact) mass is 240 g/mol. The molecule has 0 aromatic rings. The van der Waals surface area contributed by atoms with Crippen LogP contribution in [0.4, 0.5) is 0 Å². The minimum atomic E-state index is -0.00727. The van der Waals surface area contributed by atoms with E-state index in [9.17, 15) is 0 Å². The lowest BCUT2D eigenvalue weighted by Gasteiger charge is -2.16. The molecule has 98 valence electrons. The molecule has 1 unspecified atom stereocenters. The molecule has 1 atom stereocenters. The minimum Gasteiger partial charge on any atom is -0.395 e. The molecular formula is C12H24N4O. The van der Waals surface area contributed by atoms with Gasteiger partial charge < -0.3 is 16.2 Å². The molecular weight excluding hydrogens is 216 g/mol. The minimum absolute atomic E-state index is 0.00727. The average molecular weight is 240 g/mol. The highest BCUT2D eigenvalue weighted by Crippen LogP contribution is 2.21. The highest BCUT2D eigenvalue weighted by molar-refractivity contribution is 6.04. The summed E-state index contributed by atoms with van der Waals surface area (Å²) in [4.78, 5) is 8.72. The van der Waals surface area contributed by atoms with Gasteiger partial charge in [0.1, 0.15) is 11.7 Å². The summed E-state index contributed by atoms with van der Waals surface area (Å²) >= 11 is 0. The molecule has 0 aliphatic heterocycles. The van der Waals surface area contributed by atoms with Gasteiger partial charge in [0.25, 0.3) is 0 Å². The van der Waals surface area contributed by atoms with Gasteiger partial charge in [-0.3, -0.25) is 9.98 Å². The third kappa shape index (κ3) is 4.34. The SMILES string of the molecule is CN=C(NCCO)C(C)C(N)=NC1CCCC1. The van der Waals surface area contributed by atoms with E-state index in [1.165, 1.54) is 12.8 Å². The quantitative estimate of drug-likeness (QED) is 0.484. The Morgan fingerprint density at radius 3 is 2.65 bits per heavy atom. The molecule has 4 N–H and O–H groups in total. The van der Waals surface area contributed by atoms with Crippen molar-refractivity contribution >= 4 is 11.7 Å². The van der Waals surface area contributed by atoms with E-state index in [-0.39, 0.29) is 12.5 Å². The number of hydrogen-bond donors (Lipinski definition) is 3. The van der Waals surface area contributed by atoms with E-state index >= 15 is 0 Å². The van der Waals surface area contributed by atoms with Gasteiger partial charge in [0.2, 0.25) is 0 Å². The summed E-state index contributed by atoms with van der Waals surface area (Å²) in [5.41, 5.74) is 6.01. The van der Waals surface area contributed by atoms with Crippen LogP contribution in [0.15, 0.2) is 9.98 Å². The smallest absolute Gasteiger partial charge is 0.106 e. The van der Waals surface area contributed by atoms with Crippen molar-refractivity contribution in [3.8, 4) is 0 Å². The molecule has 1 aliphatic carbocycles. The number of amidine groups is 2. The number of nitrogens with two attached hydrogens (primary N) is 1. The fourth-order valence-electron chi connectivity index (χ4n) is 2.11. The molecule has 0 saturated heterocycles. The summed E-state index contributed by atoms with van der Waals surface area (Å²) in [7, 11) is 1.72. The topological polar surface area (TPSA) is 83.0 Å². The summed E-state index contributed by atoms with van der Waals surface area (Å²) in [6.07, 6.45) is 4.81. The molecule has 1 aliphatic rings. The van der Waals surface area contributed by atoms with Gasteiger partial charge in [0, 0.05) is 13.6 Å². The maximum atomic E-state index is 8.78. The van der Waals surface area contributed by atoms with E-state index in [0.717, 1.165) is 18.7 Å². The van der Waals surface area contributed by atoms with Crippen LogP contribution in [0.25, 0.3) is 0 Å². The second-order valence-electron chi connectivity index (χ2n) is 4.47. The number of aliphatic imine (C=N–C) groups is 2. The molecule has 0 aromatic heterocycles. The van der Waals surface area contributed by atoms with Gasteiger partial charge in [-0.05, 0) is 19.8 Å². The van der Waals surface area contributed by atoms with E-state index in [2.05, 4.69) is 15.3 Å². The van der Waals surface area contributed by atoms with Crippen LogP contribution < -0.4 is 11.1 Å². The van der Waals surface area contributed by atoms with E-state index in [1.54, 1.807) is 7.05 Å². The molecule has 1 rings (SSSR count). The van der Waals surface area contributed by atoms with Gasteiger partial charge in [-0.2, -0.15) is 0 Å². The van der Waals surface area contributed by atoms with Crippen molar-refractivity contribution < 1.29 is 5.11 Å². The number of rotatable bonds is 5. The van der Waals surface area contributed by atoms with Crippen molar-refractivity contribution in [1.29, 1.82) is 0 Å². The van der Waals surface area contributed by atoms with Gasteiger partial charge in [-0.25, -0.2) is 0 Å². The molecule has 0 heterocycles.